The molecule has 0 atom stereocenters. The minimum absolute atomic E-state index is 0.0118. The molecule has 3 aromatic rings. The number of aryl methyl sites for hydroxylation is 1. The number of carbonyl (C=O) groups is 1. The van der Waals surface area contributed by atoms with E-state index in [0.29, 0.717) is 6.61 Å². The SMILES string of the molecule is O=C(O)Cc1ccc2cc(OCCCCCCc3cccc(O)c3O)ccc2c1. The smallest absolute Gasteiger partial charge is 0.307 e. The highest BCUT2D eigenvalue weighted by Gasteiger charge is 2.05. The molecular formula is C24H26O5. The van der Waals surface area contributed by atoms with E-state index < -0.39 is 5.97 Å². The van der Waals surface area contributed by atoms with Crippen LogP contribution in [0.3, 0.4) is 0 Å². The maximum atomic E-state index is 10.8. The van der Waals surface area contributed by atoms with Crippen molar-refractivity contribution in [3.8, 4) is 17.2 Å². The van der Waals surface area contributed by atoms with E-state index in [-0.39, 0.29) is 17.9 Å². The average Bonchev–Trinajstić information content (AvgIpc) is 2.70. The third-order valence-corrected chi connectivity index (χ3v) is 4.94. The first-order valence-corrected chi connectivity index (χ1v) is 9.90. The quantitative estimate of drug-likeness (QED) is 0.330. The Morgan fingerprint density at radius 1 is 0.862 bits per heavy atom. The van der Waals surface area contributed by atoms with Gasteiger partial charge in [0.1, 0.15) is 5.75 Å². The Bertz CT molecular complexity index is 980. The lowest BCUT2D eigenvalue weighted by molar-refractivity contribution is -0.136. The zero-order chi connectivity index (χ0) is 20.6. The number of benzene rings is 3. The second kappa shape index (κ2) is 9.82. The number of phenolic OH excluding ortho intramolecular Hbond substituents is 2. The third-order valence-electron chi connectivity index (χ3n) is 4.94. The first-order valence-electron chi connectivity index (χ1n) is 9.90. The highest BCUT2D eigenvalue weighted by atomic mass is 16.5. The Balaban J connectivity index is 1.39. The first kappa shape index (κ1) is 20.5. The Kier molecular flexibility index (Phi) is 6.95. The number of carboxylic acid groups (broad SMARTS) is 1. The van der Waals surface area contributed by atoms with Crippen LogP contribution in [0.1, 0.15) is 36.8 Å². The number of fused-ring (bicyclic) bond motifs is 1. The predicted octanol–water partition coefficient (Wildman–Crippen LogP) is 5.06. The Hall–Kier alpha value is -3.21. The summed E-state index contributed by atoms with van der Waals surface area (Å²) in [7, 11) is 0. The maximum Gasteiger partial charge on any atom is 0.307 e. The molecule has 3 aromatic carbocycles. The number of aliphatic carboxylic acids is 1. The molecule has 0 heterocycles. The summed E-state index contributed by atoms with van der Waals surface area (Å²) in [6, 6.07) is 16.6. The number of rotatable bonds is 10. The van der Waals surface area contributed by atoms with Crippen molar-refractivity contribution in [1.29, 1.82) is 0 Å². The Morgan fingerprint density at radius 2 is 1.62 bits per heavy atom. The molecule has 29 heavy (non-hydrogen) atoms. The molecule has 0 spiro atoms. The van der Waals surface area contributed by atoms with Crippen LogP contribution in [0.25, 0.3) is 10.8 Å². The van der Waals surface area contributed by atoms with Crippen LogP contribution in [0.4, 0.5) is 0 Å². The van der Waals surface area contributed by atoms with Gasteiger partial charge in [0, 0.05) is 0 Å². The van der Waals surface area contributed by atoms with Crippen LogP contribution < -0.4 is 4.74 Å². The molecule has 5 nitrogen and oxygen atoms in total. The normalized spacial score (nSPS) is 10.9. The Morgan fingerprint density at radius 3 is 2.45 bits per heavy atom. The monoisotopic (exact) mass is 394 g/mol. The van der Waals surface area contributed by atoms with Crippen molar-refractivity contribution in [2.45, 2.75) is 38.5 Å². The number of hydrogen-bond donors (Lipinski definition) is 3. The number of aromatic hydroxyl groups is 2. The molecule has 0 aliphatic carbocycles. The van der Waals surface area contributed by atoms with Crippen molar-refractivity contribution in [2.24, 2.45) is 0 Å². The number of hydrogen-bond acceptors (Lipinski definition) is 4. The lowest BCUT2D eigenvalue weighted by Gasteiger charge is -2.09. The van der Waals surface area contributed by atoms with Crippen LogP contribution in [0.15, 0.2) is 54.6 Å². The molecule has 152 valence electrons. The zero-order valence-corrected chi connectivity index (χ0v) is 16.3. The van der Waals surface area contributed by atoms with E-state index in [0.717, 1.165) is 59.8 Å². The molecule has 3 N–H and O–H groups in total. The van der Waals surface area contributed by atoms with Gasteiger partial charge < -0.3 is 20.1 Å². The highest BCUT2D eigenvalue weighted by molar-refractivity contribution is 5.85. The van der Waals surface area contributed by atoms with Crippen LogP contribution in [-0.2, 0) is 17.6 Å². The van der Waals surface area contributed by atoms with Gasteiger partial charge in [0.25, 0.3) is 0 Å². The fourth-order valence-corrected chi connectivity index (χ4v) is 3.39. The van der Waals surface area contributed by atoms with Gasteiger partial charge in [-0.1, -0.05) is 49.2 Å². The topological polar surface area (TPSA) is 87.0 Å². The molecule has 0 amide bonds. The van der Waals surface area contributed by atoms with E-state index in [2.05, 4.69) is 0 Å². The van der Waals surface area contributed by atoms with Gasteiger partial charge in [0.05, 0.1) is 13.0 Å². The van der Waals surface area contributed by atoms with Crippen LogP contribution in [0.2, 0.25) is 0 Å². The van der Waals surface area contributed by atoms with Crippen molar-refractivity contribution in [2.75, 3.05) is 6.61 Å². The molecule has 0 aliphatic heterocycles. The van der Waals surface area contributed by atoms with Crippen molar-refractivity contribution in [1.82, 2.24) is 0 Å². The second-order valence-corrected chi connectivity index (χ2v) is 7.21. The van der Waals surface area contributed by atoms with Crippen molar-refractivity contribution in [3.05, 3.63) is 65.7 Å². The largest absolute Gasteiger partial charge is 0.504 e. The molecule has 5 heteroatoms. The van der Waals surface area contributed by atoms with Crippen LogP contribution in [0.5, 0.6) is 17.2 Å². The molecule has 0 bridgehead atoms. The molecule has 0 saturated carbocycles. The van der Waals surface area contributed by atoms with Gasteiger partial charge in [-0.15, -0.1) is 0 Å². The van der Waals surface area contributed by atoms with E-state index >= 15 is 0 Å². The lowest BCUT2D eigenvalue weighted by Crippen LogP contribution is -2.00. The zero-order valence-electron chi connectivity index (χ0n) is 16.3. The maximum absolute atomic E-state index is 10.8. The molecular weight excluding hydrogens is 368 g/mol. The van der Waals surface area contributed by atoms with Crippen molar-refractivity contribution in [3.63, 3.8) is 0 Å². The van der Waals surface area contributed by atoms with E-state index in [1.165, 1.54) is 6.07 Å². The van der Waals surface area contributed by atoms with E-state index in [1.807, 2.05) is 42.5 Å². The van der Waals surface area contributed by atoms with Gasteiger partial charge in [-0.3, -0.25) is 4.79 Å². The van der Waals surface area contributed by atoms with E-state index in [9.17, 15) is 15.0 Å². The molecule has 3 rings (SSSR count). The number of ether oxygens (including phenoxy) is 1. The van der Waals surface area contributed by atoms with E-state index in [1.54, 1.807) is 6.07 Å². The van der Waals surface area contributed by atoms with Crippen LogP contribution in [-0.4, -0.2) is 27.9 Å². The third kappa shape index (κ3) is 5.88. The minimum Gasteiger partial charge on any atom is -0.504 e. The molecule has 0 aliphatic rings. The number of phenols is 2. The highest BCUT2D eigenvalue weighted by Crippen LogP contribution is 2.29. The average molecular weight is 394 g/mol. The summed E-state index contributed by atoms with van der Waals surface area (Å²) in [5.41, 5.74) is 1.57. The Labute approximate surface area is 170 Å². The van der Waals surface area contributed by atoms with Crippen LogP contribution in [0, 0.1) is 0 Å². The predicted molar refractivity (Wildman–Crippen MR) is 113 cm³/mol. The van der Waals surface area contributed by atoms with E-state index in [4.69, 9.17) is 9.84 Å². The molecule has 0 unspecified atom stereocenters. The van der Waals surface area contributed by atoms with Crippen molar-refractivity contribution >= 4 is 16.7 Å². The summed E-state index contributed by atoms with van der Waals surface area (Å²) in [5, 5.41) is 30.2. The molecule has 0 radical (unpaired) electrons. The molecule has 0 aromatic heterocycles. The fourth-order valence-electron chi connectivity index (χ4n) is 3.39. The van der Waals surface area contributed by atoms with Gasteiger partial charge >= 0.3 is 5.97 Å². The van der Waals surface area contributed by atoms with Crippen molar-refractivity contribution < 1.29 is 24.9 Å². The van der Waals surface area contributed by atoms with Gasteiger partial charge in [0.15, 0.2) is 11.5 Å². The summed E-state index contributed by atoms with van der Waals surface area (Å²) in [6.07, 6.45) is 4.73. The molecule has 0 fully saturated rings. The summed E-state index contributed by atoms with van der Waals surface area (Å²) in [5.74, 6) is -0.0946. The first-order chi connectivity index (χ1) is 14.0. The second-order valence-electron chi connectivity index (χ2n) is 7.21. The van der Waals surface area contributed by atoms with Gasteiger partial charge in [-0.2, -0.15) is 0 Å². The van der Waals surface area contributed by atoms with Gasteiger partial charge in [-0.25, -0.2) is 0 Å². The summed E-state index contributed by atoms with van der Waals surface area (Å²) < 4.78 is 5.84. The number of carboxylic acids is 1. The van der Waals surface area contributed by atoms with Crippen LogP contribution >= 0.6 is 0 Å². The summed E-state index contributed by atoms with van der Waals surface area (Å²) >= 11 is 0. The van der Waals surface area contributed by atoms with Gasteiger partial charge in [-0.05, 0) is 59.4 Å². The number of unbranched alkanes of at least 4 members (excludes halogenated alkanes) is 3. The lowest BCUT2D eigenvalue weighted by atomic mass is 10.0. The van der Waals surface area contributed by atoms with Gasteiger partial charge in [0.2, 0.25) is 0 Å². The molecule has 0 saturated heterocycles. The summed E-state index contributed by atoms with van der Waals surface area (Å²) in [6.45, 7) is 0.639. The minimum atomic E-state index is -0.831. The number of para-hydroxylation sites is 1. The standard InChI is InChI=1S/C24H26O5/c25-22-8-5-7-18(24(22)28)6-3-1-2-4-13-29-21-12-11-19-14-17(15-23(26)27)9-10-20(19)16-21/h5,7-12,14,16,25,28H,1-4,6,13,15H2,(H,26,27). The fraction of sp³-hybridized carbons (Fsp3) is 0.292. The summed E-state index contributed by atoms with van der Waals surface area (Å²) in [4.78, 5) is 10.8.